The number of hydrogen-bond acceptors (Lipinski definition) is 4. The van der Waals surface area contributed by atoms with Crippen molar-refractivity contribution in [3.63, 3.8) is 0 Å². The third-order valence-corrected chi connectivity index (χ3v) is 6.73. The van der Waals surface area contributed by atoms with E-state index >= 15 is 0 Å². The standard InChI is InChI=1S/C25H27N3O3/c1-17-6-5-7-18(14-17)15-28-16-25-11-9-20(31-25)21(22(25)24(28)30)23(29)27(2)13-10-19-8-3-4-12-26-19/h3-9,11-12,14,20-22H,10,13,15-16H2,1-2H3/t20-,21-,22-,25-/m0/s1. The lowest BCUT2D eigenvalue weighted by atomic mass is 9.76. The van der Waals surface area contributed by atoms with Gasteiger partial charge in [-0.05, 0) is 24.6 Å². The molecule has 0 aliphatic carbocycles. The maximum Gasteiger partial charge on any atom is 0.230 e. The molecule has 5 rings (SSSR count). The molecule has 3 aliphatic heterocycles. The summed E-state index contributed by atoms with van der Waals surface area (Å²) in [5, 5.41) is 0. The van der Waals surface area contributed by atoms with E-state index in [4.69, 9.17) is 4.74 Å². The summed E-state index contributed by atoms with van der Waals surface area (Å²) in [6.07, 6.45) is 6.10. The van der Waals surface area contributed by atoms with Crippen molar-refractivity contribution < 1.29 is 14.3 Å². The fourth-order valence-electron chi connectivity index (χ4n) is 5.22. The van der Waals surface area contributed by atoms with Gasteiger partial charge in [0.2, 0.25) is 11.8 Å². The topological polar surface area (TPSA) is 62.7 Å². The first-order chi connectivity index (χ1) is 15.0. The number of aryl methyl sites for hydroxylation is 1. The van der Waals surface area contributed by atoms with Crippen molar-refractivity contribution in [2.45, 2.75) is 31.6 Å². The number of nitrogens with zero attached hydrogens (tertiary/aromatic N) is 3. The van der Waals surface area contributed by atoms with Crippen molar-refractivity contribution in [2.75, 3.05) is 20.1 Å². The Morgan fingerprint density at radius 2 is 2.16 bits per heavy atom. The number of rotatable bonds is 6. The van der Waals surface area contributed by atoms with Crippen LogP contribution in [0, 0.1) is 18.8 Å². The van der Waals surface area contributed by atoms with Crippen LogP contribution in [0.25, 0.3) is 0 Å². The maximum atomic E-state index is 13.4. The molecule has 2 fully saturated rings. The SMILES string of the molecule is Cc1cccc(CN2C[C@]34C=C[C@H](O3)[C@H](C(=O)N(C)CCc3ccccn3)[C@H]4C2=O)c1. The quantitative estimate of drug-likeness (QED) is 0.677. The molecule has 0 saturated carbocycles. The maximum absolute atomic E-state index is 13.4. The number of hydrogen-bond donors (Lipinski definition) is 0. The number of ether oxygens (including phenoxy) is 1. The molecule has 2 aromatic rings. The molecule has 1 aromatic heterocycles. The minimum absolute atomic E-state index is 0.0184. The van der Waals surface area contributed by atoms with E-state index in [9.17, 15) is 9.59 Å². The highest BCUT2D eigenvalue weighted by atomic mass is 16.5. The molecule has 2 saturated heterocycles. The molecule has 2 bridgehead atoms. The minimum atomic E-state index is -0.673. The van der Waals surface area contributed by atoms with Crippen LogP contribution in [0.3, 0.4) is 0 Å². The molecule has 0 radical (unpaired) electrons. The largest absolute Gasteiger partial charge is 0.360 e. The minimum Gasteiger partial charge on any atom is -0.360 e. The molecule has 31 heavy (non-hydrogen) atoms. The number of likely N-dealkylation sites (N-methyl/N-ethyl adjacent to an activating group) is 1. The van der Waals surface area contributed by atoms with E-state index in [2.05, 4.69) is 11.1 Å². The molecule has 0 unspecified atom stereocenters. The van der Waals surface area contributed by atoms with Crippen molar-refractivity contribution in [3.05, 3.63) is 77.6 Å². The highest BCUT2D eigenvalue weighted by molar-refractivity contribution is 5.93. The molecule has 3 aliphatic rings. The van der Waals surface area contributed by atoms with Crippen LogP contribution >= 0.6 is 0 Å². The Labute approximate surface area is 182 Å². The summed E-state index contributed by atoms with van der Waals surface area (Å²) in [5.41, 5.74) is 2.54. The monoisotopic (exact) mass is 417 g/mol. The summed E-state index contributed by atoms with van der Waals surface area (Å²) in [6, 6.07) is 14.0. The Morgan fingerprint density at radius 1 is 1.29 bits per heavy atom. The van der Waals surface area contributed by atoms with E-state index in [1.54, 1.807) is 18.1 Å². The summed E-state index contributed by atoms with van der Waals surface area (Å²) >= 11 is 0. The fourth-order valence-corrected chi connectivity index (χ4v) is 5.22. The molecular weight excluding hydrogens is 390 g/mol. The predicted octanol–water partition coefficient (Wildman–Crippen LogP) is 2.37. The number of benzene rings is 1. The van der Waals surface area contributed by atoms with Crippen molar-refractivity contribution >= 4 is 11.8 Å². The lowest BCUT2D eigenvalue weighted by Crippen LogP contribution is -2.45. The Bertz CT molecular complexity index is 1040. The smallest absolute Gasteiger partial charge is 0.230 e. The normalized spacial score (nSPS) is 28.3. The summed E-state index contributed by atoms with van der Waals surface area (Å²) in [6.45, 7) is 3.64. The van der Waals surface area contributed by atoms with Gasteiger partial charge in [0.25, 0.3) is 0 Å². The summed E-state index contributed by atoms with van der Waals surface area (Å²) in [7, 11) is 1.80. The van der Waals surface area contributed by atoms with E-state index in [0.717, 1.165) is 11.3 Å². The van der Waals surface area contributed by atoms with E-state index in [-0.39, 0.29) is 17.9 Å². The van der Waals surface area contributed by atoms with Crippen molar-refractivity contribution in [2.24, 2.45) is 11.8 Å². The van der Waals surface area contributed by atoms with Gasteiger partial charge in [-0.3, -0.25) is 14.6 Å². The van der Waals surface area contributed by atoms with Crippen LogP contribution in [0.1, 0.15) is 16.8 Å². The average molecular weight is 418 g/mol. The second-order valence-corrected chi connectivity index (χ2v) is 8.91. The Balaban J connectivity index is 1.31. The van der Waals surface area contributed by atoms with Gasteiger partial charge in [0, 0.05) is 38.4 Å². The summed E-state index contributed by atoms with van der Waals surface area (Å²) in [5.74, 6) is -0.918. The molecule has 160 valence electrons. The second-order valence-electron chi connectivity index (χ2n) is 8.91. The van der Waals surface area contributed by atoms with Gasteiger partial charge >= 0.3 is 0 Å². The van der Waals surface area contributed by atoms with Gasteiger partial charge in [0.05, 0.1) is 24.5 Å². The molecule has 1 aromatic carbocycles. The van der Waals surface area contributed by atoms with Crippen LogP contribution in [0.15, 0.2) is 60.8 Å². The van der Waals surface area contributed by atoms with Crippen molar-refractivity contribution in [1.29, 1.82) is 0 Å². The van der Waals surface area contributed by atoms with Crippen LogP contribution in [-0.2, 0) is 27.3 Å². The molecule has 2 amide bonds. The molecular formula is C25H27N3O3. The first-order valence-corrected chi connectivity index (χ1v) is 10.8. The van der Waals surface area contributed by atoms with Crippen molar-refractivity contribution in [3.8, 4) is 0 Å². The number of carbonyl (C=O) groups is 2. The van der Waals surface area contributed by atoms with Gasteiger partial charge < -0.3 is 14.5 Å². The van der Waals surface area contributed by atoms with E-state index in [0.29, 0.717) is 26.1 Å². The predicted molar refractivity (Wildman–Crippen MR) is 116 cm³/mol. The lowest BCUT2D eigenvalue weighted by molar-refractivity contribution is -0.142. The van der Waals surface area contributed by atoms with Crippen LogP contribution < -0.4 is 0 Å². The number of carbonyl (C=O) groups excluding carboxylic acids is 2. The third-order valence-electron chi connectivity index (χ3n) is 6.73. The number of amides is 2. The van der Waals surface area contributed by atoms with Gasteiger partial charge in [-0.1, -0.05) is 48.0 Å². The zero-order valence-electron chi connectivity index (χ0n) is 17.9. The number of aromatic nitrogens is 1. The van der Waals surface area contributed by atoms with Gasteiger partial charge in [0.15, 0.2) is 0 Å². The van der Waals surface area contributed by atoms with Gasteiger partial charge in [-0.2, -0.15) is 0 Å². The molecule has 6 heteroatoms. The van der Waals surface area contributed by atoms with E-state index in [1.165, 1.54) is 5.56 Å². The van der Waals surface area contributed by atoms with Gasteiger partial charge in [-0.25, -0.2) is 0 Å². The van der Waals surface area contributed by atoms with Crippen LogP contribution in [0.5, 0.6) is 0 Å². The number of fused-ring (bicyclic) bond motifs is 1. The zero-order chi connectivity index (χ0) is 21.6. The molecule has 4 atom stereocenters. The van der Waals surface area contributed by atoms with Crippen LogP contribution in [-0.4, -0.2) is 58.4 Å². The highest BCUT2D eigenvalue weighted by Gasteiger charge is 2.67. The Kier molecular flexibility index (Phi) is 4.89. The van der Waals surface area contributed by atoms with Crippen LogP contribution in [0.2, 0.25) is 0 Å². The Morgan fingerprint density at radius 3 is 2.94 bits per heavy atom. The first-order valence-electron chi connectivity index (χ1n) is 10.8. The van der Waals surface area contributed by atoms with E-state index < -0.39 is 17.4 Å². The van der Waals surface area contributed by atoms with Crippen LogP contribution in [0.4, 0.5) is 0 Å². The second kappa shape index (κ2) is 7.61. The number of likely N-dealkylation sites (tertiary alicyclic amines) is 1. The summed E-state index contributed by atoms with van der Waals surface area (Å²) < 4.78 is 6.26. The highest BCUT2D eigenvalue weighted by Crippen LogP contribution is 2.52. The van der Waals surface area contributed by atoms with E-state index in [1.807, 2.05) is 60.4 Å². The molecule has 4 heterocycles. The average Bonchev–Trinajstić information content (AvgIpc) is 3.40. The molecule has 1 spiro atoms. The molecule has 0 N–H and O–H groups in total. The van der Waals surface area contributed by atoms with Gasteiger partial charge in [0.1, 0.15) is 5.60 Å². The van der Waals surface area contributed by atoms with Gasteiger partial charge in [-0.15, -0.1) is 0 Å². The third kappa shape index (κ3) is 3.45. The number of pyridine rings is 1. The summed E-state index contributed by atoms with van der Waals surface area (Å²) in [4.78, 5) is 34.7. The molecule has 6 nitrogen and oxygen atoms in total. The lowest BCUT2D eigenvalue weighted by Gasteiger charge is -2.27. The first kappa shape index (κ1) is 19.9. The Hall–Kier alpha value is -2.99. The van der Waals surface area contributed by atoms with Crippen molar-refractivity contribution in [1.82, 2.24) is 14.8 Å². The fraction of sp³-hybridized carbons (Fsp3) is 0.400. The zero-order valence-corrected chi connectivity index (χ0v) is 17.9.